The first kappa shape index (κ1) is 18.7. The third kappa shape index (κ3) is 9.31. The smallest absolute Gasteiger partial charge is 0.0431 e. The van der Waals surface area contributed by atoms with Gasteiger partial charge < -0.3 is 10.0 Å². The number of rotatable bonds is 13. The fourth-order valence-corrected chi connectivity index (χ4v) is 3.32. The molecular formula is C19H37NO. The molecule has 2 nitrogen and oxygen atoms in total. The number of allylic oxidation sites excluding steroid dienone is 1. The van der Waals surface area contributed by atoms with Crippen LogP contribution in [-0.2, 0) is 0 Å². The summed E-state index contributed by atoms with van der Waals surface area (Å²) in [6, 6.07) is 0. The van der Waals surface area contributed by atoms with Gasteiger partial charge in [-0.3, -0.25) is 0 Å². The number of aliphatic hydroxyl groups excluding tert-OH is 1. The highest BCUT2D eigenvalue weighted by molar-refractivity contribution is 4.97. The van der Waals surface area contributed by atoms with Gasteiger partial charge >= 0.3 is 0 Å². The van der Waals surface area contributed by atoms with Crippen LogP contribution in [0.25, 0.3) is 0 Å². The van der Waals surface area contributed by atoms with Crippen molar-refractivity contribution in [3.8, 4) is 0 Å². The van der Waals surface area contributed by atoms with E-state index in [0.29, 0.717) is 6.61 Å². The molecule has 0 spiro atoms. The summed E-state index contributed by atoms with van der Waals surface area (Å²) in [6.45, 7) is 8.82. The minimum Gasteiger partial charge on any atom is -0.396 e. The Morgan fingerprint density at radius 1 is 1.19 bits per heavy atom. The Morgan fingerprint density at radius 3 is 2.67 bits per heavy atom. The number of nitrogens with zero attached hydrogens (tertiary/aromatic N) is 1. The highest BCUT2D eigenvalue weighted by Crippen LogP contribution is 2.20. The molecule has 0 amide bonds. The van der Waals surface area contributed by atoms with Gasteiger partial charge in [0.2, 0.25) is 0 Å². The Labute approximate surface area is 132 Å². The molecule has 0 radical (unpaired) electrons. The van der Waals surface area contributed by atoms with Crippen LogP contribution < -0.4 is 0 Å². The molecule has 0 aliphatic heterocycles. The topological polar surface area (TPSA) is 23.5 Å². The van der Waals surface area contributed by atoms with E-state index in [1.165, 1.54) is 71.0 Å². The largest absolute Gasteiger partial charge is 0.396 e. The van der Waals surface area contributed by atoms with Gasteiger partial charge in [-0.25, -0.2) is 0 Å². The fourth-order valence-electron chi connectivity index (χ4n) is 3.32. The second-order valence-corrected chi connectivity index (χ2v) is 6.91. The quantitative estimate of drug-likeness (QED) is 0.395. The van der Waals surface area contributed by atoms with Gasteiger partial charge in [0.15, 0.2) is 0 Å². The predicted molar refractivity (Wildman–Crippen MR) is 92.5 cm³/mol. The second-order valence-electron chi connectivity index (χ2n) is 6.91. The lowest BCUT2D eigenvalue weighted by atomic mass is 10.0. The summed E-state index contributed by atoms with van der Waals surface area (Å²) in [5.74, 6) is 1.62. The molecule has 0 aromatic rings. The SMILES string of the molecule is CCCC[C@H](C)CN(CCCCCCO)C[C@H]1C=CCC1. The molecule has 2 heteroatoms. The monoisotopic (exact) mass is 295 g/mol. The minimum atomic E-state index is 0.352. The first-order valence-electron chi connectivity index (χ1n) is 9.26. The molecule has 0 fully saturated rings. The summed E-state index contributed by atoms with van der Waals surface area (Å²) in [4.78, 5) is 2.71. The molecule has 0 heterocycles. The van der Waals surface area contributed by atoms with Crippen molar-refractivity contribution in [3.63, 3.8) is 0 Å². The number of hydrogen-bond donors (Lipinski definition) is 1. The average Bonchev–Trinajstić information content (AvgIpc) is 2.97. The van der Waals surface area contributed by atoms with Gasteiger partial charge in [0.25, 0.3) is 0 Å². The van der Waals surface area contributed by atoms with E-state index in [4.69, 9.17) is 5.11 Å². The van der Waals surface area contributed by atoms with Crippen LogP contribution >= 0.6 is 0 Å². The van der Waals surface area contributed by atoms with E-state index < -0.39 is 0 Å². The third-order valence-electron chi connectivity index (χ3n) is 4.61. The van der Waals surface area contributed by atoms with Gasteiger partial charge in [0.1, 0.15) is 0 Å². The molecule has 0 unspecified atom stereocenters. The van der Waals surface area contributed by atoms with Crippen LogP contribution in [0.3, 0.4) is 0 Å². The lowest BCUT2D eigenvalue weighted by Crippen LogP contribution is -2.33. The Balaban J connectivity index is 2.28. The second kappa shape index (κ2) is 12.2. The standard InChI is InChI=1S/C19H37NO/c1-3-4-11-18(2)16-20(14-9-5-6-10-15-21)17-19-12-7-8-13-19/h7,12,18-19,21H,3-6,8-11,13-17H2,1-2H3/t18-,19-/m0/s1. The molecule has 1 aliphatic rings. The summed E-state index contributed by atoms with van der Waals surface area (Å²) in [6.07, 6.45) is 16.2. The highest BCUT2D eigenvalue weighted by atomic mass is 16.2. The minimum absolute atomic E-state index is 0.352. The molecule has 0 saturated carbocycles. The van der Waals surface area contributed by atoms with Crippen LogP contribution in [0, 0.1) is 11.8 Å². The van der Waals surface area contributed by atoms with Crippen molar-refractivity contribution in [2.75, 3.05) is 26.2 Å². The lowest BCUT2D eigenvalue weighted by Gasteiger charge is -2.28. The molecule has 21 heavy (non-hydrogen) atoms. The zero-order chi connectivity index (χ0) is 15.3. The van der Waals surface area contributed by atoms with Crippen molar-refractivity contribution in [2.24, 2.45) is 11.8 Å². The van der Waals surface area contributed by atoms with Crippen LogP contribution in [0.2, 0.25) is 0 Å². The van der Waals surface area contributed by atoms with E-state index >= 15 is 0 Å². The van der Waals surface area contributed by atoms with Gasteiger partial charge in [-0.2, -0.15) is 0 Å². The number of aliphatic hydroxyl groups is 1. The van der Waals surface area contributed by atoms with Crippen LogP contribution in [-0.4, -0.2) is 36.2 Å². The van der Waals surface area contributed by atoms with E-state index in [-0.39, 0.29) is 0 Å². The summed E-state index contributed by atoms with van der Waals surface area (Å²) in [7, 11) is 0. The molecule has 0 aromatic carbocycles. The van der Waals surface area contributed by atoms with E-state index in [1.807, 2.05) is 0 Å². The van der Waals surface area contributed by atoms with Crippen LogP contribution in [0.15, 0.2) is 12.2 Å². The zero-order valence-corrected chi connectivity index (χ0v) is 14.4. The zero-order valence-electron chi connectivity index (χ0n) is 14.4. The van der Waals surface area contributed by atoms with E-state index in [2.05, 4.69) is 30.9 Å². The summed E-state index contributed by atoms with van der Waals surface area (Å²) < 4.78 is 0. The van der Waals surface area contributed by atoms with Crippen molar-refractivity contribution >= 4 is 0 Å². The normalized spacial score (nSPS) is 19.5. The van der Waals surface area contributed by atoms with Crippen molar-refractivity contribution in [1.82, 2.24) is 4.90 Å². The predicted octanol–water partition coefficient (Wildman–Crippen LogP) is 4.63. The molecular weight excluding hydrogens is 258 g/mol. The fraction of sp³-hybridized carbons (Fsp3) is 0.895. The summed E-state index contributed by atoms with van der Waals surface area (Å²) in [5, 5.41) is 8.85. The van der Waals surface area contributed by atoms with Crippen LogP contribution in [0.1, 0.15) is 71.6 Å². The Kier molecular flexibility index (Phi) is 10.9. The lowest BCUT2D eigenvalue weighted by molar-refractivity contribution is 0.204. The summed E-state index contributed by atoms with van der Waals surface area (Å²) >= 11 is 0. The maximum Gasteiger partial charge on any atom is 0.0431 e. The Hall–Kier alpha value is -0.340. The van der Waals surface area contributed by atoms with Crippen molar-refractivity contribution in [3.05, 3.63) is 12.2 Å². The molecule has 0 aromatic heterocycles. The molecule has 0 bridgehead atoms. The molecule has 1 aliphatic carbocycles. The molecule has 1 N–H and O–H groups in total. The van der Waals surface area contributed by atoms with Crippen molar-refractivity contribution in [2.45, 2.75) is 71.6 Å². The first-order chi connectivity index (χ1) is 10.3. The number of hydrogen-bond acceptors (Lipinski definition) is 2. The van der Waals surface area contributed by atoms with Gasteiger partial charge in [-0.05, 0) is 50.5 Å². The third-order valence-corrected chi connectivity index (χ3v) is 4.61. The molecule has 0 saturated heterocycles. The van der Waals surface area contributed by atoms with Crippen LogP contribution in [0.5, 0.6) is 0 Å². The summed E-state index contributed by atoms with van der Waals surface area (Å²) in [5.41, 5.74) is 0. The average molecular weight is 296 g/mol. The molecule has 124 valence electrons. The first-order valence-corrected chi connectivity index (χ1v) is 9.26. The van der Waals surface area contributed by atoms with Crippen molar-refractivity contribution < 1.29 is 5.11 Å². The van der Waals surface area contributed by atoms with E-state index in [1.54, 1.807) is 0 Å². The number of unbranched alkanes of at least 4 members (excludes halogenated alkanes) is 4. The highest BCUT2D eigenvalue weighted by Gasteiger charge is 2.16. The van der Waals surface area contributed by atoms with Crippen LogP contribution in [0.4, 0.5) is 0 Å². The van der Waals surface area contributed by atoms with Gasteiger partial charge in [-0.1, -0.05) is 51.7 Å². The van der Waals surface area contributed by atoms with E-state index in [9.17, 15) is 0 Å². The Morgan fingerprint density at radius 2 is 2.00 bits per heavy atom. The molecule has 1 rings (SSSR count). The van der Waals surface area contributed by atoms with E-state index in [0.717, 1.165) is 18.3 Å². The maximum atomic E-state index is 8.85. The maximum absolute atomic E-state index is 8.85. The van der Waals surface area contributed by atoms with Gasteiger partial charge in [-0.15, -0.1) is 0 Å². The Bertz CT molecular complexity index is 264. The molecule has 2 atom stereocenters. The van der Waals surface area contributed by atoms with Gasteiger partial charge in [0, 0.05) is 19.7 Å². The van der Waals surface area contributed by atoms with Gasteiger partial charge in [0.05, 0.1) is 0 Å². The van der Waals surface area contributed by atoms with Crippen molar-refractivity contribution in [1.29, 1.82) is 0 Å².